The van der Waals surface area contributed by atoms with Gasteiger partial charge in [-0.25, -0.2) is 4.98 Å². The maximum Gasteiger partial charge on any atom is 0.183 e. The summed E-state index contributed by atoms with van der Waals surface area (Å²) in [6, 6.07) is 12.5. The molecule has 136 valence electrons. The minimum Gasteiger partial charge on any atom is -0.360 e. The van der Waals surface area contributed by atoms with E-state index in [4.69, 9.17) is 5.73 Å². The van der Waals surface area contributed by atoms with Crippen LogP contribution in [-0.2, 0) is 6.42 Å². The smallest absolute Gasteiger partial charge is 0.183 e. The van der Waals surface area contributed by atoms with Crippen molar-refractivity contribution in [1.82, 2.24) is 15.0 Å². The molecule has 3 heterocycles. The Morgan fingerprint density at radius 3 is 2.81 bits per heavy atom. The molecule has 3 aromatic heterocycles. The molecular formula is C21H21N5S. The molecule has 0 amide bonds. The summed E-state index contributed by atoms with van der Waals surface area (Å²) in [5.41, 5.74) is 9.59. The third-order valence-corrected chi connectivity index (χ3v) is 5.42. The molecule has 0 unspecified atom stereocenters. The zero-order valence-corrected chi connectivity index (χ0v) is 15.9. The number of nitrogens with zero attached hydrogens (tertiary/aromatic N) is 3. The molecule has 1 aromatic carbocycles. The van der Waals surface area contributed by atoms with Crippen LogP contribution in [0.5, 0.6) is 0 Å². The highest BCUT2D eigenvalue weighted by Gasteiger charge is 2.08. The third kappa shape index (κ3) is 4.30. The van der Waals surface area contributed by atoms with E-state index in [0.717, 1.165) is 38.6 Å². The second-order valence-electron chi connectivity index (χ2n) is 6.62. The molecule has 0 fully saturated rings. The molecular weight excluding hydrogens is 354 g/mol. The molecule has 6 heteroatoms. The number of anilines is 1. The van der Waals surface area contributed by atoms with E-state index in [1.165, 1.54) is 5.39 Å². The Balaban J connectivity index is 1.39. The van der Waals surface area contributed by atoms with Gasteiger partial charge in [0, 0.05) is 48.5 Å². The van der Waals surface area contributed by atoms with Crippen molar-refractivity contribution in [1.29, 1.82) is 0 Å². The lowest BCUT2D eigenvalue weighted by molar-refractivity contribution is 0.697. The first-order valence-corrected chi connectivity index (χ1v) is 9.70. The number of nitrogens with two attached hydrogens (primary N) is 1. The van der Waals surface area contributed by atoms with E-state index in [-0.39, 0.29) is 6.04 Å². The van der Waals surface area contributed by atoms with E-state index in [2.05, 4.69) is 44.5 Å². The maximum atomic E-state index is 6.25. The van der Waals surface area contributed by atoms with Crippen molar-refractivity contribution >= 4 is 27.2 Å². The van der Waals surface area contributed by atoms with Crippen molar-refractivity contribution in [2.75, 3.05) is 11.9 Å². The zero-order chi connectivity index (χ0) is 18.6. The number of rotatable bonds is 6. The van der Waals surface area contributed by atoms with Gasteiger partial charge in [0.1, 0.15) is 0 Å². The number of hydrogen-bond donors (Lipinski definition) is 2. The molecule has 0 aliphatic carbocycles. The van der Waals surface area contributed by atoms with E-state index >= 15 is 0 Å². The molecule has 1 atom stereocenters. The van der Waals surface area contributed by atoms with Crippen LogP contribution >= 0.6 is 11.3 Å². The Hall–Kier alpha value is -2.83. The summed E-state index contributed by atoms with van der Waals surface area (Å²) in [5, 5.41) is 6.56. The molecule has 5 nitrogen and oxygen atoms in total. The highest BCUT2D eigenvalue weighted by molar-refractivity contribution is 7.18. The maximum absolute atomic E-state index is 6.25. The number of aryl methyl sites for hydroxylation is 1. The van der Waals surface area contributed by atoms with Crippen LogP contribution in [0.2, 0.25) is 0 Å². The quantitative estimate of drug-likeness (QED) is 0.532. The van der Waals surface area contributed by atoms with Crippen molar-refractivity contribution in [3.05, 3.63) is 72.4 Å². The molecule has 0 aliphatic heterocycles. The summed E-state index contributed by atoms with van der Waals surface area (Å²) in [6.45, 7) is 2.65. The van der Waals surface area contributed by atoms with Gasteiger partial charge in [0.05, 0.1) is 4.88 Å². The first-order chi connectivity index (χ1) is 13.2. The summed E-state index contributed by atoms with van der Waals surface area (Å²) < 4.78 is 0. The lowest BCUT2D eigenvalue weighted by atomic mass is 10.1. The van der Waals surface area contributed by atoms with Crippen LogP contribution in [0.1, 0.15) is 11.3 Å². The first kappa shape index (κ1) is 17.6. The molecule has 0 spiro atoms. The molecule has 4 rings (SSSR count). The molecule has 4 aromatic rings. The Labute approximate surface area is 162 Å². The standard InChI is InChI=1S/C21H21N5S/c1-14-2-3-15(10-24-14)8-19(22)12-25-21-26-13-20(27-21)17-4-5-18-11-23-7-6-16(18)9-17/h2-7,9-11,13,19H,8,12,22H2,1H3,(H,25,26)/t19-/m0/s1. The van der Waals surface area contributed by atoms with Crippen LogP contribution in [0.3, 0.4) is 0 Å². The highest BCUT2D eigenvalue weighted by atomic mass is 32.1. The van der Waals surface area contributed by atoms with E-state index in [0.29, 0.717) is 6.54 Å². The molecule has 0 saturated carbocycles. The molecule has 0 aliphatic rings. The zero-order valence-electron chi connectivity index (χ0n) is 15.1. The summed E-state index contributed by atoms with van der Waals surface area (Å²) in [7, 11) is 0. The molecule has 0 saturated heterocycles. The first-order valence-electron chi connectivity index (χ1n) is 8.88. The van der Waals surface area contributed by atoms with E-state index in [9.17, 15) is 0 Å². The number of nitrogens with one attached hydrogen (secondary N) is 1. The highest BCUT2D eigenvalue weighted by Crippen LogP contribution is 2.30. The van der Waals surface area contributed by atoms with Crippen LogP contribution in [0.25, 0.3) is 21.2 Å². The Bertz CT molecular complexity index is 1040. The second kappa shape index (κ2) is 7.82. The number of thiazole rings is 1. The topological polar surface area (TPSA) is 76.7 Å². The van der Waals surface area contributed by atoms with E-state index in [1.54, 1.807) is 11.3 Å². The number of hydrogen-bond acceptors (Lipinski definition) is 6. The van der Waals surface area contributed by atoms with Gasteiger partial charge in [-0.2, -0.15) is 0 Å². The summed E-state index contributed by atoms with van der Waals surface area (Å²) in [4.78, 5) is 14.1. The van der Waals surface area contributed by atoms with Crippen LogP contribution in [-0.4, -0.2) is 27.5 Å². The minimum atomic E-state index is 0.00928. The lowest BCUT2D eigenvalue weighted by Gasteiger charge is -2.12. The van der Waals surface area contributed by atoms with E-state index < -0.39 is 0 Å². The largest absolute Gasteiger partial charge is 0.360 e. The van der Waals surface area contributed by atoms with Crippen molar-refractivity contribution in [3.8, 4) is 10.4 Å². The molecule has 0 radical (unpaired) electrons. The Kier molecular flexibility index (Phi) is 5.09. The SMILES string of the molecule is Cc1ccc(C[C@H](N)CNc2ncc(-c3ccc4cnccc4c3)s2)cn1. The number of aromatic nitrogens is 3. The fourth-order valence-corrected chi connectivity index (χ4v) is 3.76. The van der Waals surface area contributed by atoms with Gasteiger partial charge in [-0.1, -0.05) is 29.5 Å². The van der Waals surface area contributed by atoms with Gasteiger partial charge in [-0.05, 0) is 48.1 Å². The van der Waals surface area contributed by atoms with Crippen LogP contribution < -0.4 is 11.1 Å². The molecule has 3 N–H and O–H groups in total. The van der Waals surface area contributed by atoms with Crippen LogP contribution in [0.4, 0.5) is 5.13 Å². The van der Waals surface area contributed by atoms with Crippen LogP contribution in [0.15, 0.2) is 61.2 Å². The van der Waals surface area contributed by atoms with Crippen molar-refractivity contribution in [3.63, 3.8) is 0 Å². The second-order valence-corrected chi connectivity index (χ2v) is 7.65. The van der Waals surface area contributed by atoms with Gasteiger partial charge >= 0.3 is 0 Å². The van der Waals surface area contributed by atoms with Gasteiger partial charge in [0.25, 0.3) is 0 Å². The van der Waals surface area contributed by atoms with Crippen molar-refractivity contribution < 1.29 is 0 Å². The average Bonchev–Trinajstić information content (AvgIpc) is 3.17. The number of pyridine rings is 2. The number of fused-ring (bicyclic) bond motifs is 1. The van der Waals surface area contributed by atoms with Crippen LogP contribution in [0, 0.1) is 6.92 Å². The van der Waals surface area contributed by atoms with Crippen molar-refractivity contribution in [2.24, 2.45) is 5.73 Å². The molecule has 0 bridgehead atoms. The predicted octanol–water partition coefficient (Wildman–Crippen LogP) is 4.04. The van der Waals surface area contributed by atoms with Gasteiger partial charge < -0.3 is 11.1 Å². The third-order valence-electron chi connectivity index (χ3n) is 4.42. The van der Waals surface area contributed by atoms with Crippen molar-refractivity contribution in [2.45, 2.75) is 19.4 Å². The Morgan fingerprint density at radius 1 is 1.04 bits per heavy atom. The van der Waals surface area contributed by atoms with Gasteiger partial charge in [0.15, 0.2) is 5.13 Å². The predicted molar refractivity (Wildman–Crippen MR) is 112 cm³/mol. The lowest BCUT2D eigenvalue weighted by Crippen LogP contribution is -2.31. The fourth-order valence-electron chi connectivity index (χ4n) is 2.94. The normalized spacial score (nSPS) is 12.2. The fraction of sp³-hybridized carbons (Fsp3) is 0.190. The van der Waals surface area contributed by atoms with Gasteiger partial charge in [-0.15, -0.1) is 0 Å². The summed E-state index contributed by atoms with van der Waals surface area (Å²) >= 11 is 1.64. The average molecular weight is 376 g/mol. The van der Waals surface area contributed by atoms with Gasteiger partial charge in [0.2, 0.25) is 0 Å². The van der Waals surface area contributed by atoms with E-state index in [1.807, 2.05) is 43.8 Å². The van der Waals surface area contributed by atoms with Gasteiger partial charge in [-0.3, -0.25) is 9.97 Å². The molecule has 27 heavy (non-hydrogen) atoms. The summed E-state index contributed by atoms with van der Waals surface area (Å²) in [5.74, 6) is 0. The monoisotopic (exact) mass is 375 g/mol. The Morgan fingerprint density at radius 2 is 1.96 bits per heavy atom. The summed E-state index contributed by atoms with van der Waals surface area (Å²) in [6.07, 6.45) is 8.29. The number of benzene rings is 1. The minimum absolute atomic E-state index is 0.00928.